The topological polar surface area (TPSA) is 25.8 Å². The van der Waals surface area contributed by atoms with E-state index < -0.39 is 5.96 Å². The summed E-state index contributed by atoms with van der Waals surface area (Å²) < 4.78 is 14.1. The van der Waals surface area contributed by atoms with Crippen LogP contribution in [0.2, 0.25) is 0 Å². The zero-order valence-corrected chi connectivity index (χ0v) is 20.8. The quantitative estimate of drug-likeness (QED) is 0.263. The Balaban J connectivity index is 1.85. The Morgan fingerprint density at radius 1 is 0.706 bits per heavy atom. The second-order valence-corrected chi connectivity index (χ2v) is 15.2. The van der Waals surface area contributed by atoms with E-state index >= 15 is 0 Å². The Labute approximate surface area is 204 Å². The van der Waals surface area contributed by atoms with Crippen LogP contribution in [0, 0.1) is 19.7 Å². The van der Waals surface area contributed by atoms with Gasteiger partial charge in [-0.2, -0.15) is 0 Å². The van der Waals surface area contributed by atoms with Crippen molar-refractivity contribution in [2.24, 2.45) is 0 Å². The van der Waals surface area contributed by atoms with Crippen LogP contribution in [0.5, 0.6) is 0 Å². The fourth-order valence-electron chi connectivity index (χ4n) is 4.84. The number of rotatable bonds is 5. The molecule has 170 valence electrons. The molecule has 5 rings (SSSR count). The van der Waals surface area contributed by atoms with E-state index in [-0.39, 0.29) is 5.82 Å². The van der Waals surface area contributed by atoms with E-state index in [0.717, 1.165) is 38.1 Å². The summed E-state index contributed by atoms with van der Waals surface area (Å²) >= 11 is 8.17. The second-order valence-electron chi connectivity index (χ2n) is 8.69. The summed E-state index contributed by atoms with van der Waals surface area (Å²) in [7, 11) is 0. The number of halogens is 2. The first-order chi connectivity index (χ1) is 16.4. The van der Waals surface area contributed by atoms with Crippen LogP contribution in [-0.2, 0) is 6.16 Å². The zero-order chi connectivity index (χ0) is 23.8. The summed E-state index contributed by atoms with van der Waals surface area (Å²) in [5.74, 6) is -3.17. The van der Waals surface area contributed by atoms with Crippen LogP contribution in [0.25, 0.3) is 10.9 Å². The molecule has 0 unspecified atom stereocenters. The number of hydrogen-bond donors (Lipinski definition) is 0. The molecule has 0 aliphatic rings. The van der Waals surface area contributed by atoms with Gasteiger partial charge in [-0.15, -0.1) is 0 Å². The van der Waals surface area contributed by atoms with Crippen molar-refractivity contribution in [1.82, 2.24) is 9.97 Å². The normalized spacial score (nSPS) is 12.9. The first kappa shape index (κ1) is 22.7. The molecule has 5 heteroatoms. The molecule has 0 saturated carbocycles. The van der Waals surface area contributed by atoms with Gasteiger partial charge in [0.1, 0.15) is 0 Å². The van der Waals surface area contributed by atoms with E-state index in [9.17, 15) is 4.39 Å². The summed E-state index contributed by atoms with van der Waals surface area (Å²) in [5, 5.41) is 3.91. The number of hydrogen-bond acceptors (Lipinski definition) is 2. The van der Waals surface area contributed by atoms with Crippen molar-refractivity contribution in [3.05, 3.63) is 126 Å². The molecule has 1 heterocycles. The van der Waals surface area contributed by atoms with E-state index in [1.807, 2.05) is 68.4 Å². The average molecular weight is 487 g/mol. The Morgan fingerprint density at radius 2 is 1.18 bits per heavy atom. The van der Waals surface area contributed by atoms with Crippen LogP contribution >= 0.6 is 17.2 Å². The molecular formula is C29H25ClFN2P. The van der Waals surface area contributed by atoms with Crippen molar-refractivity contribution >= 4 is 44.0 Å². The van der Waals surface area contributed by atoms with Crippen LogP contribution in [-0.4, -0.2) is 9.97 Å². The van der Waals surface area contributed by atoms with Gasteiger partial charge in [-0.05, 0) is 0 Å². The fraction of sp³-hybridized carbons (Fsp3) is 0.103. The predicted octanol–water partition coefficient (Wildman–Crippen LogP) is 6.57. The molecule has 5 aromatic rings. The van der Waals surface area contributed by atoms with Gasteiger partial charge in [-0.1, -0.05) is 0 Å². The third-order valence-electron chi connectivity index (χ3n) is 6.51. The standard InChI is InChI=1S/C29H25ClFN2P/c1-21-18-23(31)19-27-22(2)32-28(33-29(21)27)20-34(30,24-12-6-3-7-13-24,25-14-8-4-9-15-25)26-16-10-5-11-17-26/h3-19H,20H2,1-2H3. The van der Waals surface area contributed by atoms with Crippen molar-refractivity contribution in [2.45, 2.75) is 20.0 Å². The fourth-order valence-corrected chi connectivity index (χ4v) is 10.7. The van der Waals surface area contributed by atoms with Gasteiger partial charge >= 0.3 is 204 Å². The summed E-state index contributed by atoms with van der Waals surface area (Å²) in [4.78, 5) is 9.81. The SMILES string of the molecule is Cc1nc(CP(Cl)(c2ccccc2)(c2ccccc2)c2ccccc2)nc2c(C)cc(F)cc12. The van der Waals surface area contributed by atoms with Crippen LogP contribution in [0.3, 0.4) is 0 Å². The molecule has 0 fully saturated rings. The van der Waals surface area contributed by atoms with Crippen molar-refractivity contribution < 1.29 is 4.39 Å². The molecule has 0 bridgehead atoms. The van der Waals surface area contributed by atoms with E-state index in [1.54, 1.807) is 0 Å². The van der Waals surface area contributed by atoms with Crippen molar-refractivity contribution in [1.29, 1.82) is 0 Å². The van der Waals surface area contributed by atoms with Gasteiger partial charge in [0, 0.05) is 0 Å². The van der Waals surface area contributed by atoms with Crippen molar-refractivity contribution in [3.8, 4) is 0 Å². The monoisotopic (exact) mass is 486 g/mol. The van der Waals surface area contributed by atoms with Gasteiger partial charge in [-0.3, -0.25) is 0 Å². The third kappa shape index (κ3) is 3.60. The summed E-state index contributed by atoms with van der Waals surface area (Å²) in [6.07, 6.45) is 0.443. The number of nitrogens with zero attached hydrogens (tertiary/aromatic N) is 2. The number of aromatic nitrogens is 2. The average Bonchev–Trinajstić information content (AvgIpc) is 2.86. The molecule has 0 aliphatic carbocycles. The minimum absolute atomic E-state index is 0.278. The van der Waals surface area contributed by atoms with Gasteiger partial charge in [0.25, 0.3) is 0 Å². The number of fused-ring (bicyclic) bond motifs is 1. The van der Waals surface area contributed by atoms with Crippen LogP contribution < -0.4 is 15.9 Å². The van der Waals surface area contributed by atoms with Gasteiger partial charge in [0.2, 0.25) is 0 Å². The Kier molecular flexibility index (Phi) is 5.72. The zero-order valence-electron chi connectivity index (χ0n) is 19.1. The second kappa shape index (κ2) is 8.58. The van der Waals surface area contributed by atoms with E-state index in [4.69, 9.17) is 21.2 Å². The van der Waals surface area contributed by atoms with E-state index in [2.05, 4.69) is 36.4 Å². The van der Waals surface area contributed by atoms with E-state index in [0.29, 0.717) is 12.0 Å². The Bertz CT molecular complexity index is 1380. The molecule has 0 atom stereocenters. The first-order valence-electron chi connectivity index (χ1n) is 11.2. The molecule has 2 nitrogen and oxygen atoms in total. The minimum atomic E-state index is -3.55. The first-order valence-corrected chi connectivity index (χ1v) is 14.6. The molecule has 4 aromatic carbocycles. The molecule has 0 saturated heterocycles. The molecule has 0 spiro atoms. The van der Waals surface area contributed by atoms with Gasteiger partial charge < -0.3 is 0 Å². The summed E-state index contributed by atoms with van der Waals surface area (Å²) in [6.45, 7) is 3.79. The van der Waals surface area contributed by atoms with Crippen LogP contribution in [0.4, 0.5) is 4.39 Å². The Hall–Kier alpha value is -3.13. The summed E-state index contributed by atoms with van der Waals surface area (Å²) in [5.41, 5.74) is 2.30. The predicted molar refractivity (Wildman–Crippen MR) is 144 cm³/mol. The van der Waals surface area contributed by atoms with E-state index in [1.165, 1.54) is 12.1 Å². The molecule has 34 heavy (non-hydrogen) atoms. The van der Waals surface area contributed by atoms with Gasteiger partial charge in [0.05, 0.1) is 0 Å². The molecular weight excluding hydrogens is 462 g/mol. The maximum absolute atomic E-state index is 14.1. The van der Waals surface area contributed by atoms with Crippen molar-refractivity contribution in [2.75, 3.05) is 0 Å². The maximum atomic E-state index is 14.1. The van der Waals surface area contributed by atoms with Gasteiger partial charge in [0.15, 0.2) is 0 Å². The number of benzene rings is 4. The molecule has 1 aromatic heterocycles. The molecule has 0 radical (unpaired) electrons. The van der Waals surface area contributed by atoms with Crippen LogP contribution in [0.15, 0.2) is 103 Å². The molecule has 0 amide bonds. The van der Waals surface area contributed by atoms with Crippen LogP contribution in [0.1, 0.15) is 17.1 Å². The summed E-state index contributed by atoms with van der Waals surface area (Å²) in [6, 6.07) is 33.9. The Morgan fingerprint density at radius 3 is 1.65 bits per heavy atom. The van der Waals surface area contributed by atoms with Gasteiger partial charge in [-0.25, -0.2) is 0 Å². The molecule has 0 aliphatic heterocycles. The molecule has 0 N–H and O–H groups in total. The third-order valence-corrected chi connectivity index (χ3v) is 13.6. The van der Waals surface area contributed by atoms with Crippen molar-refractivity contribution in [3.63, 3.8) is 0 Å². The number of aryl methyl sites for hydroxylation is 2.